The summed E-state index contributed by atoms with van der Waals surface area (Å²) >= 11 is 1.59. The van der Waals surface area contributed by atoms with Gasteiger partial charge in [-0.25, -0.2) is 8.78 Å². The number of thiophene rings is 1. The van der Waals surface area contributed by atoms with Gasteiger partial charge in [0.25, 0.3) is 5.91 Å². The topological polar surface area (TPSA) is 46.5 Å². The number of morpholine rings is 1. The van der Waals surface area contributed by atoms with Gasteiger partial charge in [-0.3, -0.25) is 9.69 Å². The Morgan fingerprint density at radius 1 is 1.21 bits per heavy atom. The van der Waals surface area contributed by atoms with Crippen LogP contribution in [-0.4, -0.2) is 54.8 Å². The molecule has 154 valence electrons. The van der Waals surface area contributed by atoms with Gasteiger partial charge >= 0.3 is 0 Å². The molecule has 5 nitrogen and oxygen atoms in total. The standard InChI is InChI=1S/C21H23F2N3O2S/c1-14-10-18-20(29-14)12-19(21(27)24-4-5-25-6-8-28-9-7-25)26(18)13-15-2-3-16(22)11-17(15)23/h2-3,10-12H,4-9,13H2,1H3,(H,24,27). The normalized spacial score (nSPS) is 15.1. The van der Waals surface area contributed by atoms with E-state index in [9.17, 15) is 13.6 Å². The van der Waals surface area contributed by atoms with Gasteiger partial charge in [0, 0.05) is 42.7 Å². The highest BCUT2D eigenvalue weighted by atomic mass is 32.1. The molecule has 3 aromatic rings. The number of fused-ring (bicyclic) bond motifs is 1. The first-order valence-corrected chi connectivity index (χ1v) is 10.4. The third kappa shape index (κ3) is 4.49. The van der Waals surface area contributed by atoms with E-state index in [4.69, 9.17) is 4.74 Å². The quantitative estimate of drug-likeness (QED) is 0.666. The van der Waals surface area contributed by atoms with Crippen molar-refractivity contribution < 1.29 is 18.3 Å². The van der Waals surface area contributed by atoms with Gasteiger partial charge in [-0.15, -0.1) is 11.3 Å². The van der Waals surface area contributed by atoms with Gasteiger partial charge in [-0.1, -0.05) is 6.07 Å². The zero-order chi connectivity index (χ0) is 20.4. The number of halogens is 2. The molecule has 1 amide bonds. The minimum Gasteiger partial charge on any atom is -0.379 e. The number of aromatic nitrogens is 1. The number of carbonyl (C=O) groups excluding carboxylic acids is 1. The van der Waals surface area contributed by atoms with Crippen molar-refractivity contribution in [2.24, 2.45) is 0 Å². The first-order valence-electron chi connectivity index (χ1n) is 9.63. The molecule has 2 aromatic heterocycles. The Morgan fingerprint density at radius 3 is 2.76 bits per heavy atom. The molecule has 1 N–H and O–H groups in total. The highest BCUT2D eigenvalue weighted by molar-refractivity contribution is 7.19. The van der Waals surface area contributed by atoms with Crippen LogP contribution in [0, 0.1) is 18.6 Å². The number of rotatable bonds is 6. The first-order chi connectivity index (χ1) is 14.0. The minimum absolute atomic E-state index is 0.165. The minimum atomic E-state index is -0.614. The average Bonchev–Trinajstić information content (AvgIpc) is 3.21. The summed E-state index contributed by atoms with van der Waals surface area (Å²) in [5.41, 5.74) is 1.71. The van der Waals surface area contributed by atoms with Crippen LogP contribution in [0.1, 0.15) is 20.9 Å². The van der Waals surface area contributed by atoms with Crippen molar-refractivity contribution in [3.8, 4) is 0 Å². The molecular formula is C21H23F2N3O2S. The SMILES string of the molecule is Cc1cc2c(cc(C(=O)NCCN3CCOCC3)n2Cc2ccc(F)cc2F)s1. The second kappa shape index (κ2) is 8.61. The molecule has 4 rings (SSSR count). The second-order valence-corrected chi connectivity index (χ2v) is 8.46. The monoisotopic (exact) mass is 419 g/mol. The lowest BCUT2D eigenvalue weighted by Gasteiger charge is -2.26. The lowest BCUT2D eigenvalue weighted by Crippen LogP contribution is -2.41. The number of nitrogens with zero attached hydrogens (tertiary/aromatic N) is 2. The van der Waals surface area contributed by atoms with E-state index in [0.29, 0.717) is 17.8 Å². The Kier molecular flexibility index (Phi) is 5.94. The number of hydrogen-bond acceptors (Lipinski definition) is 4. The maximum Gasteiger partial charge on any atom is 0.268 e. The molecule has 1 saturated heterocycles. The van der Waals surface area contributed by atoms with Gasteiger partial charge in [0.1, 0.15) is 17.3 Å². The van der Waals surface area contributed by atoms with E-state index in [1.54, 1.807) is 15.9 Å². The molecule has 1 fully saturated rings. The molecule has 0 atom stereocenters. The first kappa shape index (κ1) is 20.0. The number of benzene rings is 1. The third-order valence-electron chi connectivity index (χ3n) is 5.11. The smallest absolute Gasteiger partial charge is 0.268 e. The van der Waals surface area contributed by atoms with Crippen LogP contribution in [0.4, 0.5) is 8.78 Å². The Morgan fingerprint density at radius 2 is 2.00 bits per heavy atom. The molecule has 0 bridgehead atoms. The highest BCUT2D eigenvalue weighted by Gasteiger charge is 2.19. The van der Waals surface area contributed by atoms with Crippen molar-refractivity contribution in [2.45, 2.75) is 13.5 Å². The van der Waals surface area contributed by atoms with E-state index in [1.807, 2.05) is 19.1 Å². The summed E-state index contributed by atoms with van der Waals surface area (Å²) in [5.74, 6) is -1.42. The predicted molar refractivity (Wildman–Crippen MR) is 110 cm³/mol. The molecule has 0 spiro atoms. The van der Waals surface area contributed by atoms with E-state index in [1.165, 1.54) is 12.1 Å². The molecule has 0 unspecified atom stereocenters. The van der Waals surface area contributed by atoms with E-state index >= 15 is 0 Å². The van der Waals surface area contributed by atoms with Crippen LogP contribution in [0.25, 0.3) is 10.2 Å². The summed E-state index contributed by atoms with van der Waals surface area (Å²) in [6, 6.07) is 7.37. The van der Waals surface area contributed by atoms with Crippen LogP contribution < -0.4 is 5.32 Å². The number of ether oxygens (including phenoxy) is 1. The Balaban J connectivity index is 1.54. The fourth-order valence-corrected chi connectivity index (χ4v) is 4.55. The predicted octanol–water partition coefficient (Wildman–Crippen LogP) is 3.40. The van der Waals surface area contributed by atoms with Gasteiger partial charge in [-0.05, 0) is 25.1 Å². The molecule has 0 radical (unpaired) electrons. The lowest BCUT2D eigenvalue weighted by atomic mass is 10.2. The Hall–Kier alpha value is -2.29. The van der Waals surface area contributed by atoms with Crippen LogP contribution in [0.5, 0.6) is 0 Å². The van der Waals surface area contributed by atoms with Crippen LogP contribution in [0.3, 0.4) is 0 Å². The van der Waals surface area contributed by atoms with Crippen molar-refractivity contribution in [3.63, 3.8) is 0 Å². The van der Waals surface area contributed by atoms with Crippen molar-refractivity contribution in [2.75, 3.05) is 39.4 Å². The van der Waals surface area contributed by atoms with E-state index < -0.39 is 11.6 Å². The van der Waals surface area contributed by atoms with Crippen LogP contribution in [-0.2, 0) is 11.3 Å². The molecular weight excluding hydrogens is 396 g/mol. The van der Waals surface area contributed by atoms with Crippen molar-refractivity contribution in [1.29, 1.82) is 0 Å². The largest absolute Gasteiger partial charge is 0.379 e. The fourth-order valence-electron chi connectivity index (χ4n) is 3.59. The van der Waals surface area contributed by atoms with Gasteiger partial charge in [0.15, 0.2) is 0 Å². The zero-order valence-corrected chi connectivity index (χ0v) is 17.0. The molecule has 8 heteroatoms. The maximum absolute atomic E-state index is 14.2. The van der Waals surface area contributed by atoms with Crippen LogP contribution in [0.2, 0.25) is 0 Å². The van der Waals surface area contributed by atoms with E-state index in [0.717, 1.165) is 54.0 Å². The molecule has 1 aliphatic rings. The summed E-state index contributed by atoms with van der Waals surface area (Å²) in [6.07, 6.45) is 0. The molecule has 0 aliphatic carbocycles. The maximum atomic E-state index is 14.2. The summed E-state index contributed by atoms with van der Waals surface area (Å²) in [5, 5.41) is 2.97. The van der Waals surface area contributed by atoms with Gasteiger partial charge in [-0.2, -0.15) is 0 Å². The average molecular weight is 419 g/mol. The molecule has 0 saturated carbocycles. The third-order valence-corrected chi connectivity index (χ3v) is 6.09. The number of nitrogens with one attached hydrogen (secondary N) is 1. The van der Waals surface area contributed by atoms with Gasteiger partial charge in [0.05, 0.1) is 30.0 Å². The van der Waals surface area contributed by atoms with Crippen molar-refractivity contribution >= 4 is 27.5 Å². The van der Waals surface area contributed by atoms with E-state index in [2.05, 4.69) is 10.2 Å². The number of carbonyl (C=O) groups is 1. The summed E-state index contributed by atoms with van der Waals surface area (Å²) in [6.45, 7) is 6.62. The Bertz CT molecular complexity index is 1020. The second-order valence-electron chi connectivity index (χ2n) is 7.17. The molecule has 1 aliphatic heterocycles. The summed E-state index contributed by atoms with van der Waals surface area (Å²) in [4.78, 5) is 16.2. The molecule has 29 heavy (non-hydrogen) atoms. The fraction of sp³-hybridized carbons (Fsp3) is 0.381. The van der Waals surface area contributed by atoms with Crippen molar-refractivity contribution in [3.05, 3.63) is 58.1 Å². The Labute approximate surface area is 171 Å². The summed E-state index contributed by atoms with van der Waals surface area (Å²) in [7, 11) is 0. The summed E-state index contributed by atoms with van der Waals surface area (Å²) < 4.78 is 35.6. The van der Waals surface area contributed by atoms with E-state index in [-0.39, 0.29) is 12.5 Å². The van der Waals surface area contributed by atoms with Gasteiger partial charge < -0.3 is 14.6 Å². The number of hydrogen-bond donors (Lipinski definition) is 1. The van der Waals surface area contributed by atoms with Crippen LogP contribution in [0.15, 0.2) is 30.3 Å². The number of aryl methyl sites for hydroxylation is 1. The van der Waals surface area contributed by atoms with Crippen molar-refractivity contribution in [1.82, 2.24) is 14.8 Å². The number of amides is 1. The highest BCUT2D eigenvalue weighted by Crippen LogP contribution is 2.29. The molecule has 3 heterocycles. The molecule has 1 aromatic carbocycles. The lowest BCUT2D eigenvalue weighted by molar-refractivity contribution is 0.0383. The zero-order valence-electron chi connectivity index (χ0n) is 16.2. The van der Waals surface area contributed by atoms with Crippen LogP contribution >= 0.6 is 11.3 Å². The van der Waals surface area contributed by atoms with Gasteiger partial charge in [0.2, 0.25) is 0 Å².